The molecule has 1 aromatic heterocycles. The first kappa shape index (κ1) is 21.8. The minimum atomic E-state index is -0.172. The number of fused-ring (bicyclic) bond motifs is 6. The van der Waals surface area contributed by atoms with Gasteiger partial charge >= 0.3 is 5.97 Å². The lowest BCUT2D eigenvalue weighted by atomic mass is 9.47. The van der Waals surface area contributed by atoms with Gasteiger partial charge in [0.05, 0.1) is 11.0 Å². The molecular weight excluding hydrogens is 424 g/mol. The normalized spacial score (nSPS) is 37.0. The summed E-state index contributed by atoms with van der Waals surface area (Å²) in [4.78, 5) is 28.5. The van der Waals surface area contributed by atoms with Crippen LogP contribution in [0, 0.1) is 28.6 Å². The topological polar surface area (TPSA) is 61.2 Å². The zero-order valence-corrected chi connectivity index (χ0v) is 20.4. The fourth-order valence-corrected chi connectivity index (χ4v) is 8.33. The number of allylic oxidation sites excluding steroid dienone is 3. The number of nitrogens with zero attached hydrogens (tertiary/aromatic N) is 2. The van der Waals surface area contributed by atoms with Crippen molar-refractivity contribution in [1.29, 1.82) is 0 Å². The molecule has 4 aliphatic carbocycles. The van der Waals surface area contributed by atoms with E-state index in [4.69, 9.17) is 4.74 Å². The van der Waals surface area contributed by atoms with Gasteiger partial charge in [0, 0.05) is 30.0 Å². The fraction of sp³-hybridized carbons (Fsp3) is 0.552. The molecule has 6 rings (SSSR count). The molecule has 0 spiro atoms. The third-order valence-corrected chi connectivity index (χ3v) is 9.90. The van der Waals surface area contributed by atoms with E-state index in [-0.39, 0.29) is 22.9 Å². The lowest BCUT2D eigenvalue weighted by Gasteiger charge is -2.57. The van der Waals surface area contributed by atoms with Gasteiger partial charge in [0.25, 0.3) is 0 Å². The molecule has 1 aromatic carbocycles. The molecule has 2 saturated carbocycles. The van der Waals surface area contributed by atoms with E-state index in [1.165, 1.54) is 24.6 Å². The lowest BCUT2D eigenvalue weighted by Crippen LogP contribution is -2.50. The average molecular weight is 459 g/mol. The van der Waals surface area contributed by atoms with E-state index in [1.807, 2.05) is 24.5 Å². The van der Waals surface area contributed by atoms with E-state index in [1.54, 1.807) is 0 Å². The molecule has 0 aliphatic heterocycles. The van der Waals surface area contributed by atoms with E-state index in [0.717, 1.165) is 61.4 Å². The van der Waals surface area contributed by atoms with Gasteiger partial charge in [-0.2, -0.15) is 0 Å². The monoisotopic (exact) mass is 458 g/mol. The highest BCUT2D eigenvalue weighted by Gasteiger charge is 2.58. The Morgan fingerprint density at radius 2 is 1.91 bits per heavy atom. The van der Waals surface area contributed by atoms with E-state index in [2.05, 4.69) is 35.5 Å². The van der Waals surface area contributed by atoms with Crippen LogP contribution in [0.25, 0.3) is 16.7 Å². The molecule has 0 bridgehead atoms. The molecule has 34 heavy (non-hydrogen) atoms. The molecule has 178 valence electrons. The van der Waals surface area contributed by atoms with Crippen molar-refractivity contribution in [2.45, 2.75) is 71.8 Å². The van der Waals surface area contributed by atoms with Crippen molar-refractivity contribution >= 4 is 29.0 Å². The van der Waals surface area contributed by atoms with Gasteiger partial charge in [0.15, 0.2) is 0 Å². The second kappa shape index (κ2) is 7.66. The summed E-state index contributed by atoms with van der Waals surface area (Å²) >= 11 is 0. The van der Waals surface area contributed by atoms with Crippen LogP contribution in [-0.2, 0) is 14.3 Å². The van der Waals surface area contributed by atoms with Gasteiger partial charge in [0.2, 0.25) is 0 Å². The van der Waals surface area contributed by atoms with Crippen molar-refractivity contribution in [3.05, 3.63) is 47.8 Å². The predicted molar refractivity (Wildman–Crippen MR) is 132 cm³/mol. The number of para-hydroxylation sites is 2. The van der Waals surface area contributed by atoms with Gasteiger partial charge in [-0.05, 0) is 73.8 Å². The fourth-order valence-electron chi connectivity index (χ4n) is 8.33. The quantitative estimate of drug-likeness (QED) is 0.324. The molecule has 5 nitrogen and oxygen atoms in total. The third-order valence-electron chi connectivity index (χ3n) is 9.90. The van der Waals surface area contributed by atoms with Gasteiger partial charge < -0.3 is 9.30 Å². The Morgan fingerprint density at radius 3 is 2.71 bits per heavy atom. The first-order chi connectivity index (χ1) is 16.3. The Balaban J connectivity index is 1.35. The van der Waals surface area contributed by atoms with Crippen molar-refractivity contribution in [3.8, 4) is 0 Å². The summed E-state index contributed by atoms with van der Waals surface area (Å²) < 4.78 is 7.80. The van der Waals surface area contributed by atoms with Crippen molar-refractivity contribution in [3.63, 3.8) is 0 Å². The average Bonchev–Trinajstić information content (AvgIpc) is 3.36. The maximum atomic E-state index is 12.4. The summed E-state index contributed by atoms with van der Waals surface area (Å²) in [5.74, 6) is 1.48. The Labute approximate surface area is 201 Å². The second-order valence-electron chi connectivity index (χ2n) is 11.5. The number of aromatic nitrogens is 2. The standard InChI is InChI=1S/C29H34N2O3/c1-18(33)34-21-10-12-28(2)20(15-21)8-9-22-23(28)11-13-29(3)24(22)14-19(16-32)27(29)31-17-30-25-6-4-5-7-26(25)31/h4-8,16-17,21-24H,9-15H2,1-3H3/t21?,22?,23?,24?,28-,29?/m0/s1. The SMILES string of the molecule is CC(=O)OC1CC[C@@]2(C)C(=CCC3C4CC(C=O)=C(n5cnc6ccccc65)C4(C)CCC32)C1. The van der Waals surface area contributed by atoms with Gasteiger partial charge in [-0.1, -0.05) is 37.6 Å². The van der Waals surface area contributed by atoms with Gasteiger partial charge in [-0.25, -0.2) is 4.98 Å². The molecule has 5 unspecified atom stereocenters. The van der Waals surface area contributed by atoms with E-state index in [9.17, 15) is 9.59 Å². The Kier molecular flexibility index (Phi) is 4.91. The molecule has 0 radical (unpaired) electrons. The molecule has 6 atom stereocenters. The zero-order chi connectivity index (χ0) is 23.7. The van der Waals surface area contributed by atoms with Crippen molar-refractivity contribution in [1.82, 2.24) is 9.55 Å². The van der Waals surface area contributed by atoms with Crippen LogP contribution in [0.15, 0.2) is 47.8 Å². The molecular formula is C29H34N2O3. The summed E-state index contributed by atoms with van der Waals surface area (Å²) in [6, 6.07) is 8.22. The van der Waals surface area contributed by atoms with E-state index < -0.39 is 0 Å². The number of hydrogen-bond donors (Lipinski definition) is 0. The summed E-state index contributed by atoms with van der Waals surface area (Å²) in [5, 5.41) is 0. The van der Waals surface area contributed by atoms with E-state index in [0.29, 0.717) is 17.8 Å². The van der Waals surface area contributed by atoms with Crippen LogP contribution in [0.4, 0.5) is 0 Å². The van der Waals surface area contributed by atoms with E-state index >= 15 is 0 Å². The molecule has 2 aromatic rings. The van der Waals surface area contributed by atoms with Gasteiger partial charge in [-0.15, -0.1) is 0 Å². The summed E-state index contributed by atoms with van der Waals surface area (Å²) in [7, 11) is 0. The number of carbonyl (C=O) groups is 2. The number of imidazole rings is 1. The van der Waals surface area contributed by atoms with Crippen LogP contribution in [0.2, 0.25) is 0 Å². The molecule has 2 fully saturated rings. The molecule has 0 amide bonds. The number of ether oxygens (including phenoxy) is 1. The van der Waals surface area contributed by atoms with Crippen molar-refractivity contribution < 1.29 is 14.3 Å². The summed E-state index contributed by atoms with van der Waals surface area (Å²) in [6.45, 7) is 6.36. The van der Waals surface area contributed by atoms with Crippen LogP contribution in [-0.4, -0.2) is 27.9 Å². The first-order valence-corrected chi connectivity index (χ1v) is 12.8. The number of aldehydes is 1. The molecule has 5 heteroatoms. The Morgan fingerprint density at radius 1 is 1.12 bits per heavy atom. The number of rotatable bonds is 3. The number of hydrogen-bond acceptors (Lipinski definition) is 4. The minimum Gasteiger partial charge on any atom is -0.462 e. The molecule has 4 aliphatic rings. The smallest absolute Gasteiger partial charge is 0.302 e. The highest BCUT2D eigenvalue weighted by atomic mass is 16.5. The maximum Gasteiger partial charge on any atom is 0.302 e. The third kappa shape index (κ3) is 3.01. The number of carbonyl (C=O) groups excluding carboxylic acids is 2. The Hall–Kier alpha value is -2.69. The second-order valence-corrected chi connectivity index (χ2v) is 11.5. The molecule has 1 heterocycles. The van der Waals surface area contributed by atoms with Crippen molar-refractivity contribution in [2.75, 3.05) is 0 Å². The Bertz CT molecular complexity index is 1240. The maximum absolute atomic E-state index is 12.4. The summed E-state index contributed by atoms with van der Waals surface area (Å²) in [6.07, 6.45) is 12.6. The van der Waals surface area contributed by atoms with Crippen LogP contribution in [0.3, 0.4) is 0 Å². The lowest BCUT2D eigenvalue weighted by molar-refractivity contribution is -0.148. The van der Waals surface area contributed by atoms with Crippen LogP contribution < -0.4 is 0 Å². The van der Waals surface area contributed by atoms with Crippen LogP contribution in [0.1, 0.15) is 65.7 Å². The number of benzene rings is 1. The summed E-state index contributed by atoms with van der Waals surface area (Å²) in [5.41, 5.74) is 5.83. The van der Waals surface area contributed by atoms with Crippen LogP contribution >= 0.6 is 0 Å². The first-order valence-electron chi connectivity index (χ1n) is 12.8. The minimum absolute atomic E-state index is 0.0261. The van der Waals surface area contributed by atoms with Gasteiger partial charge in [0.1, 0.15) is 18.7 Å². The van der Waals surface area contributed by atoms with Crippen LogP contribution in [0.5, 0.6) is 0 Å². The van der Waals surface area contributed by atoms with Crippen molar-refractivity contribution in [2.24, 2.45) is 28.6 Å². The zero-order valence-electron chi connectivity index (χ0n) is 20.4. The highest BCUT2D eigenvalue weighted by molar-refractivity contribution is 5.90. The molecule has 0 N–H and O–H groups in total. The molecule has 0 saturated heterocycles. The predicted octanol–water partition coefficient (Wildman–Crippen LogP) is 5.95. The number of esters is 1. The highest BCUT2D eigenvalue weighted by Crippen LogP contribution is 2.66. The largest absolute Gasteiger partial charge is 0.462 e. The van der Waals surface area contributed by atoms with Gasteiger partial charge in [-0.3, -0.25) is 9.59 Å².